The first-order chi connectivity index (χ1) is 10.1. The number of rotatable bonds is 0. The van der Waals surface area contributed by atoms with Crippen molar-refractivity contribution in [2.45, 2.75) is 58.8 Å². The summed E-state index contributed by atoms with van der Waals surface area (Å²) in [5.41, 5.74) is 0.574. The molecular weight excluding hydrogens is 260 g/mol. The van der Waals surface area contributed by atoms with Gasteiger partial charge in [-0.05, 0) is 80.1 Å². The molecule has 118 valence electrons. The molecule has 2 saturated carbocycles. The van der Waals surface area contributed by atoms with Crippen LogP contribution in [0.5, 0.6) is 0 Å². The molecule has 0 radical (unpaired) electrons. The van der Waals surface area contributed by atoms with Crippen LogP contribution in [0.1, 0.15) is 58.8 Å². The molecule has 0 bridgehead atoms. The summed E-state index contributed by atoms with van der Waals surface area (Å²) in [4.78, 5) is 0. The van der Waals surface area contributed by atoms with Gasteiger partial charge in [-0.2, -0.15) is 0 Å². The Morgan fingerprint density at radius 1 is 1.05 bits per heavy atom. The van der Waals surface area contributed by atoms with E-state index >= 15 is 0 Å². The number of allylic oxidation sites excluding steroid dienone is 2. The smallest absolute Gasteiger partial charge is 0.0944 e. The van der Waals surface area contributed by atoms with E-state index in [0.29, 0.717) is 17.1 Å². The van der Waals surface area contributed by atoms with Crippen molar-refractivity contribution in [3.05, 3.63) is 11.8 Å². The number of hydrogen-bond donors (Lipinski definition) is 1. The van der Waals surface area contributed by atoms with Crippen LogP contribution in [-0.4, -0.2) is 18.3 Å². The Balaban J connectivity index is 1.65. The van der Waals surface area contributed by atoms with Crippen molar-refractivity contribution in [2.75, 3.05) is 13.2 Å². The minimum atomic E-state index is 0.0889. The lowest BCUT2D eigenvalue weighted by molar-refractivity contribution is -0.0900. The predicted molar refractivity (Wildman–Crippen MR) is 84.0 cm³/mol. The zero-order chi connectivity index (χ0) is 14.7. The minimum absolute atomic E-state index is 0.0889. The Bertz CT molecular complexity index is 456. The van der Waals surface area contributed by atoms with Gasteiger partial charge in [-0.3, -0.25) is 0 Å². The van der Waals surface area contributed by atoms with Crippen molar-refractivity contribution in [1.29, 1.82) is 0 Å². The SMILES string of the molecule is C[C@]12CCOCC[C@@H]1CC[C@@H]1[C@@H]2CC[C@]2(C)C(O)=CC[C@@H]12. The minimum Gasteiger partial charge on any atom is -0.512 e. The van der Waals surface area contributed by atoms with Crippen molar-refractivity contribution in [3.8, 4) is 0 Å². The summed E-state index contributed by atoms with van der Waals surface area (Å²) in [5.74, 6) is 3.94. The molecule has 2 nitrogen and oxygen atoms in total. The van der Waals surface area contributed by atoms with Crippen molar-refractivity contribution >= 4 is 0 Å². The van der Waals surface area contributed by atoms with E-state index in [2.05, 4.69) is 19.9 Å². The Kier molecular flexibility index (Phi) is 3.19. The maximum atomic E-state index is 10.4. The Morgan fingerprint density at radius 2 is 1.90 bits per heavy atom. The number of fused-ring (bicyclic) bond motifs is 5. The van der Waals surface area contributed by atoms with Gasteiger partial charge in [0.05, 0.1) is 5.76 Å². The zero-order valence-corrected chi connectivity index (χ0v) is 13.6. The molecule has 4 rings (SSSR count). The fraction of sp³-hybridized carbons (Fsp3) is 0.895. The molecular formula is C19H30O2. The van der Waals surface area contributed by atoms with Gasteiger partial charge in [-0.25, -0.2) is 0 Å². The average Bonchev–Trinajstić information content (AvgIpc) is 2.65. The van der Waals surface area contributed by atoms with E-state index in [-0.39, 0.29) is 5.41 Å². The maximum Gasteiger partial charge on any atom is 0.0944 e. The Labute approximate surface area is 129 Å². The maximum absolute atomic E-state index is 10.4. The summed E-state index contributed by atoms with van der Waals surface area (Å²) in [6.45, 7) is 6.81. The van der Waals surface area contributed by atoms with Gasteiger partial charge in [0, 0.05) is 18.6 Å². The largest absolute Gasteiger partial charge is 0.512 e. The van der Waals surface area contributed by atoms with E-state index in [9.17, 15) is 5.11 Å². The van der Waals surface area contributed by atoms with Gasteiger partial charge in [0.15, 0.2) is 0 Å². The number of aliphatic hydroxyl groups is 1. The van der Waals surface area contributed by atoms with E-state index in [0.717, 1.165) is 37.4 Å². The van der Waals surface area contributed by atoms with Crippen molar-refractivity contribution in [2.24, 2.45) is 34.5 Å². The summed E-state index contributed by atoms with van der Waals surface area (Å²) in [6, 6.07) is 0. The lowest BCUT2D eigenvalue weighted by Crippen LogP contribution is -2.51. The topological polar surface area (TPSA) is 29.5 Å². The van der Waals surface area contributed by atoms with E-state index in [1.54, 1.807) is 0 Å². The van der Waals surface area contributed by atoms with Gasteiger partial charge in [0.1, 0.15) is 0 Å². The molecule has 0 aromatic heterocycles. The Hall–Kier alpha value is -0.500. The summed E-state index contributed by atoms with van der Waals surface area (Å²) >= 11 is 0. The third-order valence-corrected chi connectivity index (χ3v) is 8.00. The first-order valence-corrected chi connectivity index (χ1v) is 9.03. The second kappa shape index (κ2) is 4.75. The van der Waals surface area contributed by atoms with Gasteiger partial charge < -0.3 is 9.84 Å². The second-order valence-corrected chi connectivity index (χ2v) is 8.59. The highest BCUT2D eigenvalue weighted by atomic mass is 16.5. The lowest BCUT2D eigenvalue weighted by Gasteiger charge is -2.58. The molecule has 0 aromatic rings. The third-order valence-electron chi connectivity index (χ3n) is 8.00. The van der Waals surface area contributed by atoms with Gasteiger partial charge in [0.2, 0.25) is 0 Å². The fourth-order valence-corrected chi connectivity index (χ4v) is 6.56. The summed E-state index contributed by atoms with van der Waals surface area (Å²) in [6.07, 6.45) is 11.0. The van der Waals surface area contributed by atoms with Crippen LogP contribution in [0.25, 0.3) is 0 Å². The molecule has 1 heterocycles. The summed E-state index contributed by atoms with van der Waals surface area (Å²) in [7, 11) is 0. The number of ether oxygens (including phenoxy) is 1. The molecule has 2 heteroatoms. The molecule has 0 spiro atoms. The van der Waals surface area contributed by atoms with Crippen molar-refractivity contribution in [1.82, 2.24) is 0 Å². The van der Waals surface area contributed by atoms with Crippen LogP contribution in [0, 0.1) is 34.5 Å². The highest BCUT2D eigenvalue weighted by Crippen LogP contribution is 2.64. The second-order valence-electron chi connectivity index (χ2n) is 8.59. The van der Waals surface area contributed by atoms with Gasteiger partial charge in [0.25, 0.3) is 0 Å². The quantitative estimate of drug-likeness (QED) is 0.700. The van der Waals surface area contributed by atoms with E-state index < -0.39 is 0 Å². The lowest BCUT2D eigenvalue weighted by atomic mass is 9.47. The normalized spacial score (nSPS) is 53.1. The van der Waals surface area contributed by atoms with E-state index in [1.807, 2.05) is 0 Å². The van der Waals surface area contributed by atoms with Crippen LogP contribution in [0.4, 0.5) is 0 Å². The van der Waals surface area contributed by atoms with E-state index in [1.165, 1.54) is 38.5 Å². The van der Waals surface area contributed by atoms with Crippen molar-refractivity contribution in [3.63, 3.8) is 0 Å². The average molecular weight is 290 g/mol. The standard InChI is InChI=1S/C19H30O2/c1-18-10-12-21-11-8-13(18)3-4-14-15-5-6-17(20)19(15,2)9-7-16(14)18/h6,13-16,20H,3-5,7-12H2,1-2H3/t13-,14-,15-,16-,18-,19-/m0/s1. The van der Waals surface area contributed by atoms with Crippen LogP contribution in [0.3, 0.4) is 0 Å². The molecule has 21 heavy (non-hydrogen) atoms. The molecule has 0 aromatic carbocycles. The van der Waals surface area contributed by atoms with Crippen LogP contribution in [-0.2, 0) is 4.74 Å². The molecule has 1 aliphatic heterocycles. The monoisotopic (exact) mass is 290 g/mol. The van der Waals surface area contributed by atoms with Crippen LogP contribution in [0.2, 0.25) is 0 Å². The first kappa shape index (κ1) is 14.1. The highest BCUT2D eigenvalue weighted by molar-refractivity contribution is 5.20. The number of hydrogen-bond acceptors (Lipinski definition) is 2. The van der Waals surface area contributed by atoms with E-state index in [4.69, 9.17) is 4.74 Å². The molecule has 0 unspecified atom stereocenters. The fourth-order valence-electron chi connectivity index (χ4n) is 6.56. The predicted octanol–water partition coefficient (Wildman–Crippen LogP) is 4.71. The summed E-state index contributed by atoms with van der Waals surface area (Å²) in [5, 5.41) is 10.4. The van der Waals surface area contributed by atoms with Gasteiger partial charge in [-0.1, -0.05) is 13.8 Å². The Morgan fingerprint density at radius 3 is 2.76 bits per heavy atom. The zero-order valence-electron chi connectivity index (χ0n) is 13.6. The molecule has 6 atom stereocenters. The van der Waals surface area contributed by atoms with Crippen LogP contribution in [0.15, 0.2) is 11.8 Å². The number of aliphatic hydroxyl groups excluding tert-OH is 1. The van der Waals surface area contributed by atoms with Gasteiger partial charge in [-0.15, -0.1) is 0 Å². The molecule has 3 aliphatic carbocycles. The molecule has 0 amide bonds. The molecule has 1 N–H and O–H groups in total. The molecule has 4 aliphatic rings. The molecule has 1 saturated heterocycles. The first-order valence-electron chi connectivity index (χ1n) is 9.03. The highest BCUT2D eigenvalue weighted by Gasteiger charge is 2.57. The summed E-state index contributed by atoms with van der Waals surface area (Å²) < 4.78 is 5.80. The van der Waals surface area contributed by atoms with Crippen molar-refractivity contribution < 1.29 is 9.84 Å². The van der Waals surface area contributed by atoms with Crippen LogP contribution >= 0.6 is 0 Å². The van der Waals surface area contributed by atoms with Crippen LogP contribution < -0.4 is 0 Å². The molecule has 3 fully saturated rings. The van der Waals surface area contributed by atoms with Gasteiger partial charge >= 0.3 is 0 Å². The third kappa shape index (κ3) is 1.87.